The van der Waals surface area contributed by atoms with Crippen LogP contribution >= 0.6 is 12.2 Å². The predicted octanol–water partition coefficient (Wildman–Crippen LogP) is 2.85. The molecule has 0 radical (unpaired) electrons. The molecular weight excluding hydrogens is 244 g/mol. The Morgan fingerprint density at radius 1 is 1.22 bits per heavy atom. The van der Waals surface area contributed by atoms with E-state index in [1.54, 1.807) is 12.4 Å². The molecular formula is C13H12N4S. The average molecular weight is 256 g/mol. The summed E-state index contributed by atoms with van der Waals surface area (Å²) in [7, 11) is 0. The summed E-state index contributed by atoms with van der Waals surface area (Å²) in [6, 6.07) is 4.00. The van der Waals surface area contributed by atoms with Crippen molar-refractivity contribution in [3.63, 3.8) is 0 Å². The molecule has 1 N–H and O–H groups in total. The number of aromatic amines is 1. The number of rotatable bonds is 2. The Morgan fingerprint density at radius 3 is 2.83 bits per heavy atom. The first-order chi connectivity index (χ1) is 8.75. The van der Waals surface area contributed by atoms with Crippen molar-refractivity contribution in [3.8, 4) is 0 Å². The van der Waals surface area contributed by atoms with Gasteiger partial charge in [-0.2, -0.15) is 0 Å². The molecule has 0 aliphatic rings. The van der Waals surface area contributed by atoms with Crippen LogP contribution < -0.4 is 0 Å². The third-order valence-corrected chi connectivity index (χ3v) is 3.36. The molecule has 0 aliphatic carbocycles. The third kappa shape index (κ3) is 1.82. The van der Waals surface area contributed by atoms with E-state index < -0.39 is 0 Å². The van der Waals surface area contributed by atoms with E-state index >= 15 is 0 Å². The van der Waals surface area contributed by atoms with Crippen LogP contribution in [0.1, 0.15) is 11.1 Å². The van der Waals surface area contributed by atoms with Gasteiger partial charge in [0.25, 0.3) is 0 Å². The van der Waals surface area contributed by atoms with Crippen molar-refractivity contribution in [2.75, 3.05) is 0 Å². The number of aromatic nitrogens is 4. The minimum Gasteiger partial charge on any atom is -0.329 e. The van der Waals surface area contributed by atoms with Crippen molar-refractivity contribution in [1.82, 2.24) is 19.5 Å². The quantitative estimate of drug-likeness (QED) is 0.717. The van der Waals surface area contributed by atoms with Gasteiger partial charge in [0.05, 0.1) is 23.8 Å². The zero-order valence-electron chi connectivity index (χ0n) is 9.92. The van der Waals surface area contributed by atoms with Crippen molar-refractivity contribution in [2.45, 2.75) is 13.5 Å². The van der Waals surface area contributed by atoms with E-state index in [2.05, 4.69) is 26.4 Å². The Bertz CT molecular complexity index is 757. The van der Waals surface area contributed by atoms with Gasteiger partial charge in [-0.05, 0) is 42.4 Å². The Morgan fingerprint density at radius 2 is 2.00 bits per heavy atom. The number of fused-ring (bicyclic) bond motifs is 1. The molecule has 3 aromatic heterocycles. The molecule has 3 heterocycles. The van der Waals surface area contributed by atoms with Crippen LogP contribution in [0.25, 0.3) is 11.0 Å². The molecule has 0 spiro atoms. The minimum absolute atomic E-state index is 0.717. The second-order valence-electron chi connectivity index (χ2n) is 4.21. The number of nitrogens with one attached hydrogen (secondary N) is 1. The van der Waals surface area contributed by atoms with Crippen molar-refractivity contribution in [2.24, 2.45) is 0 Å². The molecule has 4 nitrogen and oxygen atoms in total. The highest BCUT2D eigenvalue weighted by Crippen LogP contribution is 2.15. The number of H-pyrrole nitrogens is 1. The lowest BCUT2D eigenvalue weighted by Gasteiger charge is -2.07. The van der Waals surface area contributed by atoms with E-state index in [1.807, 2.05) is 24.5 Å². The summed E-state index contributed by atoms with van der Waals surface area (Å²) in [4.78, 5) is 11.4. The fraction of sp³-hybridized carbons (Fsp3) is 0.154. The first-order valence-electron chi connectivity index (χ1n) is 5.68. The van der Waals surface area contributed by atoms with Gasteiger partial charge in [-0.25, -0.2) is 0 Å². The van der Waals surface area contributed by atoms with Gasteiger partial charge >= 0.3 is 0 Å². The maximum absolute atomic E-state index is 5.36. The second-order valence-corrected chi connectivity index (χ2v) is 4.60. The van der Waals surface area contributed by atoms with Gasteiger partial charge in [-0.15, -0.1) is 0 Å². The van der Waals surface area contributed by atoms with Crippen molar-refractivity contribution >= 4 is 23.3 Å². The van der Waals surface area contributed by atoms with Gasteiger partial charge < -0.3 is 9.55 Å². The summed E-state index contributed by atoms with van der Waals surface area (Å²) in [5.74, 6) is 0. The minimum atomic E-state index is 0.717. The van der Waals surface area contributed by atoms with Crippen molar-refractivity contribution < 1.29 is 0 Å². The average Bonchev–Trinajstić information content (AvgIpc) is 2.69. The van der Waals surface area contributed by atoms with Crippen LogP contribution in [0.3, 0.4) is 0 Å². The second kappa shape index (κ2) is 4.34. The molecule has 18 heavy (non-hydrogen) atoms. The molecule has 0 fully saturated rings. The summed E-state index contributed by atoms with van der Waals surface area (Å²) in [6.07, 6.45) is 7.25. The van der Waals surface area contributed by atoms with E-state index in [1.165, 1.54) is 11.1 Å². The third-order valence-electron chi connectivity index (χ3n) is 3.04. The van der Waals surface area contributed by atoms with Crippen LogP contribution in [-0.4, -0.2) is 19.5 Å². The molecule has 0 aliphatic heterocycles. The first-order valence-corrected chi connectivity index (χ1v) is 6.08. The number of pyridine rings is 2. The molecule has 3 aromatic rings. The lowest BCUT2D eigenvalue weighted by molar-refractivity contribution is 0.802. The van der Waals surface area contributed by atoms with E-state index in [9.17, 15) is 0 Å². The van der Waals surface area contributed by atoms with E-state index in [-0.39, 0.29) is 0 Å². The molecule has 5 heteroatoms. The monoisotopic (exact) mass is 256 g/mol. The summed E-state index contributed by atoms with van der Waals surface area (Å²) >= 11 is 5.36. The summed E-state index contributed by atoms with van der Waals surface area (Å²) in [5, 5.41) is 0. The van der Waals surface area contributed by atoms with E-state index in [0.29, 0.717) is 4.77 Å². The Balaban J connectivity index is 2.13. The van der Waals surface area contributed by atoms with Crippen LogP contribution in [-0.2, 0) is 6.54 Å². The predicted molar refractivity (Wildman–Crippen MR) is 73.0 cm³/mol. The molecule has 3 rings (SSSR count). The number of aryl methyl sites for hydroxylation is 1. The van der Waals surface area contributed by atoms with Gasteiger partial charge in [0, 0.05) is 18.6 Å². The van der Waals surface area contributed by atoms with Gasteiger partial charge in [0.15, 0.2) is 4.77 Å². The van der Waals surface area contributed by atoms with Crippen LogP contribution in [0, 0.1) is 11.7 Å². The zero-order valence-corrected chi connectivity index (χ0v) is 10.7. The number of imidazole rings is 1. The standard InChI is InChI=1S/C13H12N4S/c1-9-6-14-4-2-10(9)8-17-12-3-5-15-7-11(12)16-13(17)18/h2-7H,8H2,1H3,(H,16,18). The zero-order chi connectivity index (χ0) is 12.5. The molecule has 90 valence electrons. The highest BCUT2D eigenvalue weighted by molar-refractivity contribution is 7.71. The Kier molecular flexibility index (Phi) is 2.68. The topological polar surface area (TPSA) is 46.5 Å². The van der Waals surface area contributed by atoms with Crippen LogP contribution in [0.5, 0.6) is 0 Å². The summed E-state index contributed by atoms with van der Waals surface area (Å²) in [5.41, 5.74) is 4.43. The SMILES string of the molecule is Cc1cnccc1Cn1c(=S)[nH]c2cnccc21. The first kappa shape index (κ1) is 11.1. The van der Waals surface area contributed by atoms with E-state index in [4.69, 9.17) is 12.2 Å². The smallest absolute Gasteiger partial charge is 0.178 e. The maximum atomic E-state index is 5.36. The maximum Gasteiger partial charge on any atom is 0.178 e. The fourth-order valence-corrected chi connectivity index (χ4v) is 2.29. The number of hydrogen-bond donors (Lipinski definition) is 1. The van der Waals surface area contributed by atoms with Gasteiger partial charge in [-0.3, -0.25) is 9.97 Å². The number of nitrogens with zero attached hydrogens (tertiary/aromatic N) is 3. The molecule has 0 saturated carbocycles. The molecule has 0 amide bonds. The molecule has 0 aromatic carbocycles. The lowest BCUT2D eigenvalue weighted by Crippen LogP contribution is -2.01. The highest BCUT2D eigenvalue weighted by Gasteiger charge is 2.06. The van der Waals surface area contributed by atoms with Crippen LogP contribution in [0.2, 0.25) is 0 Å². The molecule has 0 unspecified atom stereocenters. The van der Waals surface area contributed by atoms with Crippen molar-refractivity contribution in [3.05, 3.63) is 52.8 Å². The molecule has 0 saturated heterocycles. The van der Waals surface area contributed by atoms with Gasteiger partial charge in [-0.1, -0.05) is 0 Å². The van der Waals surface area contributed by atoms with Crippen molar-refractivity contribution in [1.29, 1.82) is 0 Å². The van der Waals surface area contributed by atoms with Gasteiger partial charge in [0.1, 0.15) is 0 Å². The number of hydrogen-bond acceptors (Lipinski definition) is 3. The summed E-state index contributed by atoms with van der Waals surface area (Å²) in [6.45, 7) is 2.81. The normalized spacial score (nSPS) is 10.9. The largest absolute Gasteiger partial charge is 0.329 e. The summed E-state index contributed by atoms with van der Waals surface area (Å²) < 4.78 is 2.79. The van der Waals surface area contributed by atoms with E-state index in [0.717, 1.165) is 17.6 Å². The fourth-order valence-electron chi connectivity index (χ4n) is 2.02. The van der Waals surface area contributed by atoms with Crippen LogP contribution in [0.15, 0.2) is 36.9 Å². The van der Waals surface area contributed by atoms with Crippen LogP contribution in [0.4, 0.5) is 0 Å². The molecule has 0 bridgehead atoms. The van der Waals surface area contributed by atoms with Gasteiger partial charge in [0.2, 0.25) is 0 Å². The lowest BCUT2D eigenvalue weighted by atomic mass is 10.1. The Hall–Kier alpha value is -2.01. The molecule has 0 atom stereocenters. The Labute approximate surface area is 109 Å². The highest BCUT2D eigenvalue weighted by atomic mass is 32.1.